The van der Waals surface area contributed by atoms with Crippen LogP contribution in [-0.4, -0.2) is 22.9 Å². The van der Waals surface area contributed by atoms with Crippen molar-refractivity contribution in [2.75, 3.05) is 0 Å². The van der Waals surface area contributed by atoms with E-state index in [0.717, 1.165) is 16.7 Å². The van der Waals surface area contributed by atoms with Crippen molar-refractivity contribution in [3.8, 4) is 16.8 Å². The molecule has 0 N–H and O–H groups in total. The van der Waals surface area contributed by atoms with Crippen LogP contribution in [0.5, 0.6) is 0 Å². The predicted octanol–water partition coefficient (Wildman–Crippen LogP) is 10.3. The first-order chi connectivity index (χ1) is 21.8. The summed E-state index contributed by atoms with van der Waals surface area (Å²) in [5.74, 6) is 0. The highest BCUT2D eigenvalue weighted by Crippen LogP contribution is 2.42. The maximum absolute atomic E-state index is 6.49. The van der Waals surface area contributed by atoms with Crippen molar-refractivity contribution in [1.82, 2.24) is 4.57 Å². The molecule has 1 aliphatic rings. The highest BCUT2D eigenvalue weighted by molar-refractivity contribution is 7.26. The van der Waals surface area contributed by atoms with E-state index < -0.39 is 18.3 Å². The van der Waals surface area contributed by atoms with Gasteiger partial charge in [0, 0.05) is 36.6 Å². The van der Waals surface area contributed by atoms with Gasteiger partial charge >= 0.3 is 7.12 Å². The van der Waals surface area contributed by atoms with Crippen LogP contribution >= 0.6 is 11.3 Å². The standard InChI is InChI=1S/C40H32BNO2S/c1-39(2)40(3,4)44-41(43-39)28-18-21-36-34(24-28)33-23-27(30-13-9-14-32-31-12-7-8-15-37(31)45-38(30)32)17-20-35(33)42(36)29-19-16-25-10-5-6-11-26(25)22-29/h5-24H,1-4H3. The molecule has 1 saturated heterocycles. The molecule has 9 rings (SSSR count). The minimum Gasteiger partial charge on any atom is -0.399 e. The minimum absolute atomic E-state index is 0.401. The van der Waals surface area contributed by atoms with Crippen LogP contribution in [0.2, 0.25) is 0 Å². The molecule has 8 aromatic rings. The summed E-state index contributed by atoms with van der Waals surface area (Å²) < 4.78 is 18.0. The van der Waals surface area contributed by atoms with Gasteiger partial charge in [-0.3, -0.25) is 0 Å². The maximum atomic E-state index is 6.49. The van der Waals surface area contributed by atoms with Crippen molar-refractivity contribution < 1.29 is 9.31 Å². The lowest BCUT2D eigenvalue weighted by atomic mass is 9.78. The highest BCUT2D eigenvalue weighted by Gasteiger charge is 2.51. The largest absolute Gasteiger partial charge is 0.494 e. The van der Waals surface area contributed by atoms with Gasteiger partial charge < -0.3 is 13.9 Å². The Balaban J connectivity index is 1.29. The molecule has 0 aliphatic carbocycles. The van der Waals surface area contributed by atoms with E-state index in [2.05, 4.69) is 154 Å². The summed E-state index contributed by atoms with van der Waals surface area (Å²) in [6, 6.07) is 44.4. The van der Waals surface area contributed by atoms with Gasteiger partial charge in [0.25, 0.3) is 0 Å². The lowest BCUT2D eigenvalue weighted by molar-refractivity contribution is 0.00578. The molecule has 0 spiro atoms. The number of rotatable bonds is 3. The Morgan fingerprint density at radius 1 is 0.578 bits per heavy atom. The summed E-state index contributed by atoms with van der Waals surface area (Å²) >= 11 is 1.88. The SMILES string of the molecule is CC1(C)OB(c2ccc3c(c2)c2cc(-c4cccc5c4sc4ccccc45)ccc2n3-c2ccc3ccccc3c2)OC1(C)C. The fourth-order valence-electron chi connectivity index (χ4n) is 6.90. The Hall–Kier alpha value is -4.42. The summed E-state index contributed by atoms with van der Waals surface area (Å²) in [5.41, 5.74) is 6.22. The van der Waals surface area contributed by atoms with Gasteiger partial charge in [0.1, 0.15) is 0 Å². The number of hydrogen-bond acceptors (Lipinski definition) is 3. The zero-order valence-electron chi connectivity index (χ0n) is 25.8. The van der Waals surface area contributed by atoms with Crippen LogP contribution in [0.4, 0.5) is 0 Å². The molecule has 2 aromatic heterocycles. The third kappa shape index (κ3) is 4.04. The number of thiophene rings is 1. The van der Waals surface area contributed by atoms with E-state index in [9.17, 15) is 0 Å². The van der Waals surface area contributed by atoms with Gasteiger partial charge in [0.15, 0.2) is 0 Å². The quantitative estimate of drug-likeness (QED) is 0.188. The van der Waals surface area contributed by atoms with E-state index in [-0.39, 0.29) is 0 Å². The number of hydrogen-bond donors (Lipinski definition) is 0. The topological polar surface area (TPSA) is 23.4 Å². The molecular formula is C40H32BNO2S. The molecular weight excluding hydrogens is 569 g/mol. The molecule has 218 valence electrons. The van der Waals surface area contributed by atoms with Crippen molar-refractivity contribution in [2.45, 2.75) is 38.9 Å². The molecule has 0 unspecified atom stereocenters. The average molecular weight is 602 g/mol. The second-order valence-corrected chi connectivity index (χ2v) is 14.3. The second kappa shape index (κ2) is 9.54. The zero-order valence-corrected chi connectivity index (χ0v) is 26.6. The fraction of sp³-hybridized carbons (Fsp3) is 0.150. The summed E-state index contributed by atoms with van der Waals surface area (Å²) in [5, 5.41) is 7.51. The van der Waals surface area contributed by atoms with E-state index in [1.54, 1.807) is 0 Å². The van der Waals surface area contributed by atoms with Gasteiger partial charge in [-0.25, -0.2) is 0 Å². The highest BCUT2D eigenvalue weighted by atomic mass is 32.1. The molecule has 1 fully saturated rings. The Labute approximate surface area is 266 Å². The van der Waals surface area contributed by atoms with E-state index in [4.69, 9.17) is 9.31 Å². The molecule has 1 aliphatic heterocycles. The summed E-state index contributed by atoms with van der Waals surface area (Å²) in [4.78, 5) is 0. The third-order valence-electron chi connectivity index (χ3n) is 10.0. The van der Waals surface area contributed by atoms with Gasteiger partial charge in [-0.15, -0.1) is 11.3 Å². The fourth-order valence-corrected chi connectivity index (χ4v) is 8.14. The van der Waals surface area contributed by atoms with Crippen LogP contribution in [0.1, 0.15) is 27.7 Å². The summed E-state index contributed by atoms with van der Waals surface area (Å²) in [6.07, 6.45) is 0. The van der Waals surface area contributed by atoms with Crippen molar-refractivity contribution in [3.63, 3.8) is 0 Å². The Morgan fingerprint density at radius 3 is 2.09 bits per heavy atom. The van der Waals surface area contributed by atoms with Gasteiger partial charge in [0.2, 0.25) is 0 Å². The Kier molecular flexibility index (Phi) is 5.71. The van der Waals surface area contributed by atoms with Crippen molar-refractivity contribution in [2.24, 2.45) is 0 Å². The minimum atomic E-state index is -0.422. The van der Waals surface area contributed by atoms with Crippen molar-refractivity contribution in [3.05, 3.63) is 121 Å². The van der Waals surface area contributed by atoms with Gasteiger partial charge in [0.05, 0.1) is 22.2 Å². The first-order valence-corrected chi connectivity index (χ1v) is 16.4. The normalized spacial score (nSPS) is 16.1. The van der Waals surface area contributed by atoms with Crippen molar-refractivity contribution >= 4 is 76.7 Å². The van der Waals surface area contributed by atoms with Crippen LogP contribution in [0.15, 0.2) is 121 Å². The summed E-state index contributed by atoms with van der Waals surface area (Å²) in [7, 11) is -0.422. The van der Waals surface area contributed by atoms with Crippen LogP contribution in [0.25, 0.3) is 69.6 Å². The number of nitrogens with zero attached hydrogens (tertiary/aromatic N) is 1. The van der Waals surface area contributed by atoms with Gasteiger partial charge in [-0.1, -0.05) is 84.9 Å². The Bertz CT molecular complexity index is 2450. The van der Waals surface area contributed by atoms with E-state index in [1.165, 1.54) is 58.4 Å². The van der Waals surface area contributed by atoms with Gasteiger partial charge in [-0.05, 0) is 91.5 Å². The van der Waals surface area contributed by atoms with Crippen LogP contribution in [0.3, 0.4) is 0 Å². The number of fused-ring (bicyclic) bond motifs is 7. The average Bonchev–Trinajstić information content (AvgIpc) is 3.66. The Morgan fingerprint density at radius 2 is 1.27 bits per heavy atom. The molecule has 6 aromatic carbocycles. The molecule has 3 nitrogen and oxygen atoms in total. The lowest BCUT2D eigenvalue weighted by Crippen LogP contribution is -2.41. The van der Waals surface area contributed by atoms with Crippen LogP contribution in [0, 0.1) is 0 Å². The first-order valence-electron chi connectivity index (χ1n) is 15.6. The maximum Gasteiger partial charge on any atom is 0.494 e. The van der Waals surface area contributed by atoms with Crippen molar-refractivity contribution in [1.29, 1.82) is 0 Å². The van der Waals surface area contributed by atoms with E-state index in [1.807, 2.05) is 11.3 Å². The molecule has 0 radical (unpaired) electrons. The van der Waals surface area contributed by atoms with Crippen LogP contribution in [-0.2, 0) is 9.31 Å². The second-order valence-electron chi connectivity index (χ2n) is 13.2. The van der Waals surface area contributed by atoms with E-state index in [0.29, 0.717) is 0 Å². The molecule has 0 atom stereocenters. The van der Waals surface area contributed by atoms with E-state index >= 15 is 0 Å². The third-order valence-corrected chi connectivity index (χ3v) is 11.2. The molecule has 3 heterocycles. The molecule has 45 heavy (non-hydrogen) atoms. The zero-order chi connectivity index (χ0) is 30.5. The number of aromatic nitrogens is 1. The predicted molar refractivity (Wildman–Crippen MR) is 192 cm³/mol. The molecule has 0 bridgehead atoms. The van der Waals surface area contributed by atoms with Crippen LogP contribution < -0.4 is 5.46 Å². The monoisotopic (exact) mass is 601 g/mol. The molecule has 0 saturated carbocycles. The summed E-state index contributed by atoms with van der Waals surface area (Å²) in [6.45, 7) is 8.44. The van der Waals surface area contributed by atoms with Gasteiger partial charge in [-0.2, -0.15) is 0 Å². The number of benzene rings is 6. The molecule has 0 amide bonds. The lowest BCUT2D eigenvalue weighted by Gasteiger charge is -2.32. The first kappa shape index (κ1) is 26.9. The smallest absolute Gasteiger partial charge is 0.399 e. The molecule has 5 heteroatoms.